The van der Waals surface area contributed by atoms with Crippen LogP contribution in [0.1, 0.15) is 10.4 Å². The SMILES string of the molecule is CN(C)S(=O)(=O)c1ccc(C(=O)Nc2ccc(NCCO)nc2)cc1. The highest BCUT2D eigenvalue weighted by molar-refractivity contribution is 7.89. The van der Waals surface area contributed by atoms with Crippen LogP contribution in [0.5, 0.6) is 0 Å². The van der Waals surface area contributed by atoms with E-state index in [9.17, 15) is 13.2 Å². The first kappa shape index (κ1) is 18.8. The monoisotopic (exact) mass is 364 g/mol. The number of rotatable bonds is 7. The largest absolute Gasteiger partial charge is 0.395 e. The van der Waals surface area contributed by atoms with E-state index in [1.54, 1.807) is 12.1 Å². The molecule has 2 aromatic rings. The minimum atomic E-state index is -3.52. The molecule has 1 amide bonds. The van der Waals surface area contributed by atoms with E-state index in [-0.39, 0.29) is 17.4 Å². The molecular formula is C16H20N4O4S. The molecular weight excluding hydrogens is 344 g/mol. The molecule has 25 heavy (non-hydrogen) atoms. The van der Waals surface area contributed by atoms with Gasteiger partial charge in [0.2, 0.25) is 10.0 Å². The van der Waals surface area contributed by atoms with Crippen molar-refractivity contribution in [1.82, 2.24) is 9.29 Å². The number of sulfonamides is 1. The van der Waals surface area contributed by atoms with Gasteiger partial charge in [0, 0.05) is 26.2 Å². The van der Waals surface area contributed by atoms with Crippen molar-refractivity contribution in [1.29, 1.82) is 0 Å². The highest BCUT2D eigenvalue weighted by Crippen LogP contribution is 2.16. The lowest BCUT2D eigenvalue weighted by atomic mass is 10.2. The molecule has 0 unspecified atom stereocenters. The van der Waals surface area contributed by atoms with E-state index in [0.717, 1.165) is 4.31 Å². The minimum Gasteiger partial charge on any atom is -0.395 e. The van der Waals surface area contributed by atoms with E-state index in [2.05, 4.69) is 15.6 Å². The fourth-order valence-electron chi connectivity index (χ4n) is 1.95. The van der Waals surface area contributed by atoms with Gasteiger partial charge in [0.15, 0.2) is 0 Å². The Labute approximate surface area is 146 Å². The van der Waals surface area contributed by atoms with Gasteiger partial charge >= 0.3 is 0 Å². The van der Waals surface area contributed by atoms with Crippen LogP contribution in [-0.2, 0) is 10.0 Å². The number of hydrogen-bond donors (Lipinski definition) is 3. The Kier molecular flexibility index (Phi) is 6.07. The van der Waals surface area contributed by atoms with Crippen molar-refractivity contribution >= 4 is 27.4 Å². The van der Waals surface area contributed by atoms with Crippen LogP contribution in [0, 0.1) is 0 Å². The van der Waals surface area contributed by atoms with Crippen molar-refractivity contribution in [2.24, 2.45) is 0 Å². The zero-order chi connectivity index (χ0) is 18.4. The van der Waals surface area contributed by atoms with E-state index in [0.29, 0.717) is 23.6 Å². The average Bonchev–Trinajstić information content (AvgIpc) is 2.61. The lowest BCUT2D eigenvalue weighted by Crippen LogP contribution is -2.22. The maximum Gasteiger partial charge on any atom is 0.255 e. The van der Waals surface area contributed by atoms with Gasteiger partial charge in [-0.25, -0.2) is 17.7 Å². The number of anilines is 2. The molecule has 1 heterocycles. The van der Waals surface area contributed by atoms with Crippen LogP contribution in [0.25, 0.3) is 0 Å². The summed E-state index contributed by atoms with van der Waals surface area (Å²) in [5.41, 5.74) is 0.838. The lowest BCUT2D eigenvalue weighted by Gasteiger charge is -2.11. The first-order valence-corrected chi connectivity index (χ1v) is 8.93. The van der Waals surface area contributed by atoms with Gasteiger partial charge in [-0.05, 0) is 36.4 Å². The number of nitrogens with zero attached hydrogens (tertiary/aromatic N) is 2. The Morgan fingerprint density at radius 1 is 1.16 bits per heavy atom. The second-order valence-corrected chi connectivity index (χ2v) is 7.50. The molecule has 0 radical (unpaired) electrons. The quantitative estimate of drug-likeness (QED) is 0.675. The number of nitrogens with one attached hydrogen (secondary N) is 2. The number of aliphatic hydroxyl groups is 1. The molecule has 0 spiro atoms. The van der Waals surface area contributed by atoms with Crippen LogP contribution in [0.2, 0.25) is 0 Å². The normalized spacial score (nSPS) is 11.4. The van der Waals surface area contributed by atoms with Gasteiger partial charge < -0.3 is 15.7 Å². The number of carbonyl (C=O) groups excluding carboxylic acids is 1. The molecule has 0 atom stereocenters. The molecule has 0 aliphatic rings. The summed E-state index contributed by atoms with van der Waals surface area (Å²) in [6.07, 6.45) is 1.49. The third-order valence-corrected chi connectivity index (χ3v) is 5.16. The van der Waals surface area contributed by atoms with E-state index in [1.807, 2.05) is 0 Å². The highest BCUT2D eigenvalue weighted by Gasteiger charge is 2.17. The van der Waals surface area contributed by atoms with Crippen LogP contribution in [0.15, 0.2) is 47.5 Å². The number of carbonyl (C=O) groups is 1. The van der Waals surface area contributed by atoms with Crippen molar-refractivity contribution in [3.63, 3.8) is 0 Å². The summed E-state index contributed by atoms with van der Waals surface area (Å²) < 4.78 is 25.1. The molecule has 0 saturated heterocycles. The summed E-state index contributed by atoms with van der Waals surface area (Å²) in [6.45, 7) is 0.390. The number of pyridine rings is 1. The minimum absolute atomic E-state index is 0.000292. The van der Waals surface area contributed by atoms with Crippen molar-refractivity contribution in [2.75, 3.05) is 37.9 Å². The lowest BCUT2D eigenvalue weighted by molar-refractivity contribution is 0.102. The highest BCUT2D eigenvalue weighted by atomic mass is 32.2. The maximum atomic E-state index is 12.2. The van der Waals surface area contributed by atoms with Crippen LogP contribution in [-0.4, -0.2) is 56.0 Å². The molecule has 8 nitrogen and oxygen atoms in total. The van der Waals surface area contributed by atoms with E-state index < -0.39 is 10.0 Å². The molecule has 0 aliphatic heterocycles. The van der Waals surface area contributed by atoms with Gasteiger partial charge in [0.05, 0.1) is 23.4 Å². The van der Waals surface area contributed by atoms with E-state index in [1.165, 1.54) is 44.6 Å². The molecule has 134 valence electrons. The summed E-state index contributed by atoms with van der Waals surface area (Å²) in [7, 11) is -0.631. The Morgan fingerprint density at radius 2 is 1.84 bits per heavy atom. The second-order valence-electron chi connectivity index (χ2n) is 5.35. The fourth-order valence-corrected chi connectivity index (χ4v) is 2.85. The van der Waals surface area contributed by atoms with Gasteiger partial charge in [-0.1, -0.05) is 0 Å². The van der Waals surface area contributed by atoms with Gasteiger partial charge in [-0.2, -0.15) is 0 Å². The van der Waals surface area contributed by atoms with Crippen LogP contribution in [0.4, 0.5) is 11.5 Å². The first-order valence-electron chi connectivity index (χ1n) is 7.49. The molecule has 0 saturated carbocycles. The number of aliphatic hydroxyl groups excluding tert-OH is 1. The predicted octanol–water partition coefficient (Wildman–Crippen LogP) is 0.988. The van der Waals surface area contributed by atoms with Crippen LogP contribution < -0.4 is 10.6 Å². The predicted molar refractivity (Wildman–Crippen MR) is 95.1 cm³/mol. The van der Waals surface area contributed by atoms with Crippen molar-refractivity contribution in [3.8, 4) is 0 Å². The third kappa shape index (κ3) is 4.75. The first-order chi connectivity index (χ1) is 11.8. The fraction of sp³-hybridized carbons (Fsp3) is 0.250. The Bertz CT molecular complexity index is 818. The molecule has 0 fully saturated rings. The van der Waals surface area contributed by atoms with Crippen molar-refractivity contribution in [2.45, 2.75) is 4.90 Å². The smallest absolute Gasteiger partial charge is 0.255 e. The molecule has 1 aromatic carbocycles. The topological polar surface area (TPSA) is 112 Å². The third-order valence-electron chi connectivity index (χ3n) is 3.33. The van der Waals surface area contributed by atoms with Gasteiger partial charge in [0.1, 0.15) is 5.82 Å². The number of amides is 1. The van der Waals surface area contributed by atoms with Crippen LogP contribution >= 0.6 is 0 Å². The Morgan fingerprint density at radius 3 is 2.36 bits per heavy atom. The maximum absolute atomic E-state index is 12.2. The number of benzene rings is 1. The summed E-state index contributed by atoms with van der Waals surface area (Å²) in [5, 5.41) is 14.3. The summed E-state index contributed by atoms with van der Waals surface area (Å²) in [6, 6.07) is 9.05. The molecule has 1 aromatic heterocycles. The number of aromatic nitrogens is 1. The number of hydrogen-bond acceptors (Lipinski definition) is 6. The molecule has 9 heteroatoms. The van der Waals surface area contributed by atoms with Gasteiger partial charge in [-0.3, -0.25) is 4.79 Å². The summed E-state index contributed by atoms with van der Waals surface area (Å²) in [5.74, 6) is 0.219. The molecule has 2 rings (SSSR count). The van der Waals surface area contributed by atoms with E-state index >= 15 is 0 Å². The molecule has 0 bridgehead atoms. The van der Waals surface area contributed by atoms with E-state index in [4.69, 9.17) is 5.11 Å². The van der Waals surface area contributed by atoms with Gasteiger partial charge in [-0.15, -0.1) is 0 Å². The standard InChI is InChI=1S/C16H20N4O4S/c1-20(2)25(23,24)14-6-3-12(4-7-14)16(22)19-13-5-8-15(18-11-13)17-9-10-21/h3-8,11,21H,9-10H2,1-2H3,(H,17,18)(H,19,22). The van der Waals surface area contributed by atoms with Crippen molar-refractivity contribution < 1.29 is 18.3 Å². The van der Waals surface area contributed by atoms with Gasteiger partial charge in [0.25, 0.3) is 5.91 Å². The van der Waals surface area contributed by atoms with Crippen LogP contribution in [0.3, 0.4) is 0 Å². The summed E-state index contributed by atoms with van der Waals surface area (Å²) >= 11 is 0. The Hall–Kier alpha value is -2.49. The Balaban J connectivity index is 2.06. The molecule has 0 aliphatic carbocycles. The zero-order valence-corrected chi connectivity index (χ0v) is 14.7. The average molecular weight is 364 g/mol. The second kappa shape index (κ2) is 8.06. The summed E-state index contributed by atoms with van der Waals surface area (Å²) in [4.78, 5) is 16.4. The zero-order valence-electron chi connectivity index (χ0n) is 13.9. The van der Waals surface area contributed by atoms with Crippen molar-refractivity contribution in [3.05, 3.63) is 48.2 Å². The molecule has 3 N–H and O–H groups in total.